The molecule has 2 heterocycles. The summed E-state index contributed by atoms with van der Waals surface area (Å²) in [6, 6.07) is 17.9. The summed E-state index contributed by atoms with van der Waals surface area (Å²) in [6.07, 6.45) is 2.61. The van der Waals surface area contributed by atoms with Crippen LogP contribution in [0, 0.1) is 0 Å². The average molecular weight is 284 g/mol. The van der Waals surface area contributed by atoms with Crippen LogP contribution in [0.15, 0.2) is 48.5 Å². The molecule has 102 valence electrons. The Balaban J connectivity index is 1.85. The summed E-state index contributed by atoms with van der Waals surface area (Å²) >= 11 is 6.45. The predicted octanol–water partition coefficient (Wildman–Crippen LogP) is 4.62. The van der Waals surface area contributed by atoms with E-state index in [1.165, 1.54) is 36.1 Å². The van der Waals surface area contributed by atoms with E-state index in [4.69, 9.17) is 11.6 Å². The maximum absolute atomic E-state index is 6.45. The van der Waals surface area contributed by atoms with E-state index in [1.54, 1.807) is 0 Å². The van der Waals surface area contributed by atoms with Gasteiger partial charge in [0.2, 0.25) is 0 Å². The third-order valence-corrected chi connectivity index (χ3v) is 5.14. The normalized spacial score (nSPS) is 25.2. The molecule has 2 aliphatic heterocycles. The lowest BCUT2D eigenvalue weighted by atomic mass is 9.82. The van der Waals surface area contributed by atoms with E-state index < -0.39 is 0 Å². The van der Waals surface area contributed by atoms with Gasteiger partial charge in [0, 0.05) is 23.5 Å². The van der Waals surface area contributed by atoms with Gasteiger partial charge in [0.25, 0.3) is 0 Å². The van der Waals surface area contributed by atoms with Crippen LogP contribution in [-0.2, 0) is 0 Å². The fourth-order valence-corrected chi connectivity index (χ4v) is 4.15. The molecule has 0 saturated carbocycles. The van der Waals surface area contributed by atoms with Gasteiger partial charge in [-0.1, -0.05) is 54.1 Å². The topological polar surface area (TPSA) is 3.24 Å². The van der Waals surface area contributed by atoms with Crippen molar-refractivity contribution in [3.63, 3.8) is 0 Å². The first-order valence-corrected chi connectivity index (χ1v) is 7.79. The molecule has 0 N–H and O–H groups in total. The molecule has 0 radical (unpaired) electrons. The van der Waals surface area contributed by atoms with Crippen LogP contribution in [0.4, 0.5) is 0 Å². The van der Waals surface area contributed by atoms with Crippen molar-refractivity contribution in [3.05, 3.63) is 70.2 Å². The van der Waals surface area contributed by atoms with Crippen molar-refractivity contribution in [3.8, 4) is 0 Å². The van der Waals surface area contributed by atoms with E-state index in [0.29, 0.717) is 12.0 Å². The van der Waals surface area contributed by atoms with Crippen molar-refractivity contribution in [1.82, 2.24) is 4.90 Å². The fourth-order valence-electron chi connectivity index (χ4n) is 3.88. The van der Waals surface area contributed by atoms with Gasteiger partial charge in [-0.3, -0.25) is 4.90 Å². The molecule has 2 aliphatic rings. The highest BCUT2D eigenvalue weighted by Gasteiger charge is 2.36. The number of fused-ring (bicyclic) bond motifs is 3. The highest BCUT2D eigenvalue weighted by molar-refractivity contribution is 6.31. The third kappa shape index (κ3) is 1.88. The maximum Gasteiger partial charge on any atom is 0.0444 e. The molecule has 2 aromatic carbocycles. The minimum absolute atomic E-state index is 0.411. The number of hydrogen-bond donors (Lipinski definition) is 0. The van der Waals surface area contributed by atoms with Crippen LogP contribution in [0.2, 0.25) is 5.02 Å². The highest BCUT2D eigenvalue weighted by atomic mass is 35.5. The second kappa shape index (κ2) is 4.91. The Labute approximate surface area is 125 Å². The first-order valence-electron chi connectivity index (χ1n) is 7.42. The van der Waals surface area contributed by atoms with Crippen LogP contribution < -0.4 is 0 Å². The van der Waals surface area contributed by atoms with Gasteiger partial charge in [0.05, 0.1) is 0 Å². The van der Waals surface area contributed by atoms with Crippen LogP contribution in [0.5, 0.6) is 0 Å². The number of nitrogens with zero attached hydrogens (tertiary/aromatic N) is 1. The maximum atomic E-state index is 6.45. The molecule has 2 aromatic rings. The molecule has 2 unspecified atom stereocenters. The van der Waals surface area contributed by atoms with Crippen molar-refractivity contribution >= 4 is 11.6 Å². The van der Waals surface area contributed by atoms with Crippen molar-refractivity contribution in [1.29, 1.82) is 0 Å². The molecule has 0 aliphatic carbocycles. The zero-order valence-corrected chi connectivity index (χ0v) is 12.2. The third-order valence-electron chi connectivity index (χ3n) is 4.79. The van der Waals surface area contributed by atoms with Crippen LogP contribution >= 0.6 is 11.6 Å². The number of halogens is 1. The molecule has 1 saturated heterocycles. The predicted molar refractivity (Wildman–Crippen MR) is 83.3 cm³/mol. The largest absolute Gasteiger partial charge is 0.295 e. The molecule has 2 heteroatoms. The molecule has 4 rings (SSSR count). The van der Waals surface area contributed by atoms with Crippen LogP contribution in [-0.4, -0.2) is 18.0 Å². The molecule has 1 fully saturated rings. The molecular formula is C18H18ClN. The van der Waals surface area contributed by atoms with Gasteiger partial charge in [-0.05, 0) is 42.1 Å². The van der Waals surface area contributed by atoms with Crippen molar-refractivity contribution < 1.29 is 0 Å². The van der Waals surface area contributed by atoms with Crippen LogP contribution in [0.25, 0.3) is 0 Å². The van der Waals surface area contributed by atoms with E-state index in [-0.39, 0.29) is 0 Å². The lowest BCUT2D eigenvalue weighted by Gasteiger charge is -2.37. The van der Waals surface area contributed by atoms with Crippen LogP contribution in [0.1, 0.15) is 41.5 Å². The van der Waals surface area contributed by atoms with Gasteiger partial charge < -0.3 is 0 Å². The molecule has 0 amide bonds. The Morgan fingerprint density at radius 2 is 1.60 bits per heavy atom. The van der Waals surface area contributed by atoms with Gasteiger partial charge in [0.1, 0.15) is 0 Å². The van der Waals surface area contributed by atoms with E-state index in [1.807, 2.05) is 12.1 Å². The first kappa shape index (κ1) is 12.4. The zero-order valence-electron chi connectivity index (χ0n) is 11.4. The second-order valence-electron chi connectivity index (χ2n) is 5.86. The minimum Gasteiger partial charge on any atom is -0.295 e. The Kier molecular flexibility index (Phi) is 3.05. The Bertz CT molecular complexity index is 637. The number of hydrogen-bond acceptors (Lipinski definition) is 1. The van der Waals surface area contributed by atoms with Crippen LogP contribution in [0.3, 0.4) is 0 Å². The molecule has 1 nitrogen and oxygen atoms in total. The Hall–Kier alpha value is -1.31. The van der Waals surface area contributed by atoms with E-state index in [2.05, 4.69) is 41.3 Å². The summed E-state index contributed by atoms with van der Waals surface area (Å²) in [7, 11) is 0. The summed E-state index contributed by atoms with van der Waals surface area (Å²) in [6.45, 7) is 2.32. The van der Waals surface area contributed by atoms with Gasteiger partial charge in [-0.2, -0.15) is 0 Å². The van der Waals surface area contributed by atoms with Gasteiger partial charge in [-0.25, -0.2) is 0 Å². The summed E-state index contributed by atoms with van der Waals surface area (Å²) in [5.41, 5.74) is 4.26. The van der Waals surface area contributed by atoms with Gasteiger partial charge in [0.15, 0.2) is 0 Å². The Morgan fingerprint density at radius 1 is 0.900 bits per heavy atom. The zero-order chi connectivity index (χ0) is 13.5. The molecule has 2 atom stereocenters. The smallest absolute Gasteiger partial charge is 0.0444 e. The van der Waals surface area contributed by atoms with Crippen molar-refractivity contribution in [2.75, 3.05) is 13.1 Å². The summed E-state index contributed by atoms with van der Waals surface area (Å²) in [4.78, 5) is 2.64. The molecule has 0 bridgehead atoms. The van der Waals surface area contributed by atoms with E-state index >= 15 is 0 Å². The fraction of sp³-hybridized carbons (Fsp3) is 0.333. The molecule has 0 aromatic heterocycles. The molecular weight excluding hydrogens is 266 g/mol. The van der Waals surface area contributed by atoms with Crippen molar-refractivity contribution in [2.24, 2.45) is 0 Å². The highest BCUT2D eigenvalue weighted by Crippen LogP contribution is 2.45. The minimum atomic E-state index is 0.411. The summed E-state index contributed by atoms with van der Waals surface area (Å²) in [5, 5.41) is 0.893. The lowest BCUT2D eigenvalue weighted by Crippen LogP contribution is -2.34. The van der Waals surface area contributed by atoms with Gasteiger partial charge in [-0.15, -0.1) is 0 Å². The second-order valence-corrected chi connectivity index (χ2v) is 6.26. The SMILES string of the molecule is Clc1ccccc1C1CN2CCCC2c2ccccc21. The average Bonchev–Trinajstić information content (AvgIpc) is 2.96. The standard InChI is InChI=1S/C18H18ClN/c19-17-9-4-3-7-14(17)16-12-20-11-5-10-18(20)15-8-2-1-6-13(15)16/h1-4,6-9,16,18H,5,10-12H2. The Morgan fingerprint density at radius 3 is 2.40 bits per heavy atom. The van der Waals surface area contributed by atoms with E-state index in [9.17, 15) is 0 Å². The van der Waals surface area contributed by atoms with Crippen molar-refractivity contribution in [2.45, 2.75) is 24.8 Å². The first-order chi connectivity index (χ1) is 9.84. The molecule has 0 spiro atoms. The molecule has 20 heavy (non-hydrogen) atoms. The van der Waals surface area contributed by atoms with Gasteiger partial charge >= 0.3 is 0 Å². The lowest BCUT2D eigenvalue weighted by molar-refractivity contribution is 0.230. The monoisotopic (exact) mass is 283 g/mol. The summed E-state index contributed by atoms with van der Waals surface area (Å²) < 4.78 is 0. The quantitative estimate of drug-likeness (QED) is 0.738. The van der Waals surface area contributed by atoms with E-state index in [0.717, 1.165) is 11.6 Å². The summed E-state index contributed by atoms with van der Waals surface area (Å²) in [5.74, 6) is 0.411. The number of rotatable bonds is 1. The number of benzene rings is 2.